The lowest BCUT2D eigenvalue weighted by Crippen LogP contribution is -2.30. The van der Waals surface area contributed by atoms with Crippen LogP contribution < -0.4 is 14.8 Å². The zero-order valence-electron chi connectivity index (χ0n) is 13.6. The first kappa shape index (κ1) is 19.1. The van der Waals surface area contributed by atoms with Gasteiger partial charge in [0, 0.05) is 18.7 Å². The number of nitro groups is 1. The minimum Gasteiger partial charge on any atom is -0.484 e. The van der Waals surface area contributed by atoms with Crippen LogP contribution in [0.2, 0.25) is 0 Å². The molecule has 0 aliphatic carbocycles. The molecule has 26 heavy (non-hydrogen) atoms. The van der Waals surface area contributed by atoms with Gasteiger partial charge in [-0.1, -0.05) is 12.1 Å². The first-order valence-electron chi connectivity index (χ1n) is 7.62. The van der Waals surface area contributed by atoms with Crippen LogP contribution in [0.1, 0.15) is 5.56 Å². The first-order valence-corrected chi connectivity index (χ1v) is 7.62. The van der Waals surface area contributed by atoms with Crippen molar-refractivity contribution in [2.75, 3.05) is 13.2 Å². The molecule has 0 aliphatic rings. The Morgan fingerprint density at radius 2 is 1.69 bits per heavy atom. The minimum atomic E-state index is -2.86. The molecule has 0 atom stereocenters. The first-order chi connectivity index (χ1) is 12.4. The van der Waals surface area contributed by atoms with Gasteiger partial charge in [0.2, 0.25) is 0 Å². The number of nitrogens with zero attached hydrogens (tertiary/aromatic N) is 1. The average Bonchev–Trinajstić information content (AvgIpc) is 2.61. The molecule has 1 N–H and O–H groups in total. The van der Waals surface area contributed by atoms with E-state index in [4.69, 9.17) is 4.74 Å². The molecule has 0 aromatic heterocycles. The molecule has 2 rings (SSSR count). The van der Waals surface area contributed by atoms with E-state index < -0.39 is 11.5 Å². The fraction of sp³-hybridized carbons (Fsp3) is 0.235. The number of rotatable bonds is 9. The molecule has 0 heterocycles. The van der Waals surface area contributed by atoms with Gasteiger partial charge in [0.1, 0.15) is 11.5 Å². The lowest BCUT2D eigenvalue weighted by molar-refractivity contribution is -0.384. The molecule has 9 heteroatoms. The summed E-state index contributed by atoms with van der Waals surface area (Å²) in [5.74, 6) is 0.0747. The van der Waals surface area contributed by atoms with Crippen LogP contribution in [0.4, 0.5) is 14.5 Å². The molecule has 2 aromatic rings. The molecule has 138 valence electrons. The second kappa shape index (κ2) is 9.30. The maximum absolute atomic E-state index is 12.1. The number of hydrogen-bond donors (Lipinski definition) is 1. The van der Waals surface area contributed by atoms with Crippen molar-refractivity contribution in [3.05, 3.63) is 64.2 Å². The second-order valence-corrected chi connectivity index (χ2v) is 5.16. The number of halogens is 2. The summed E-state index contributed by atoms with van der Waals surface area (Å²) in [5.41, 5.74) is 0.787. The van der Waals surface area contributed by atoms with Crippen molar-refractivity contribution in [2.45, 2.75) is 13.0 Å². The monoisotopic (exact) mass is 366 g/mol. The molecular formula is C17H16F2N2O5. The number of nitro benzene ring substituents is 1. The number of amides is 1. The normalized spacial score (nSPS) is 10.4. The van der Waals surface area contributed by atoms with Crippen molar-refractivity contribution in [1.29, 1.82) is 0 Å². The fourth-order valence-corrected chi connectivity index (χ4v) is 2.05. The third-order valence-corrected chi connectivity index (χ3v) is 3.30. The van der Waals surface area contributed by atoms with Gasteiger partial charge in [-0.2, -0.15) is 8.78 Å². The van der Waals surface area contributed by atoms with Gasteiger partial charge in [0.15, 0.2) is 6.61 Å². The van der Waals surface area contributed by atoms with Crippen molar-refractivity contribution in [2.24, 2.45) is 0 Å². The molecule has 0 saturated carbocycles. The van der Waals surface area contributed by atoms with Gasteiger partial charge in [-0.15, -0.1) is 0 Å². The number of benzene rings is 2. The second-order valence-electron chi connectivity index (χ2n) is 5.16. The Morgan fingerprint density at radius 1 is 1.08 bits per heavy atom. The average molecular weight is 366 g/mol. The van der Waals surface area contributed by atoms with Gasteiger partial charge in [0.25, 0.3) is 11.6 Å². The summed E-state index contributed by atoms with van der Waals surface area (Å²) in [7, 11) is 0. The molecule has 1 amide bonds. The molecule has 0 unspecified atom stereocenters. The highest BCUT2D eigenvalue weighted by molar-refractivity contribution is 5.77. The van der Waals surface area contributed by atoms with E-state index in [9.17, 15) is 23.7 Å². The van der Waals surface area contributed by atoms with Crippen LogP contribution in [0.5, 0.6) is 11.5 Å². The molecular weight excluding hydrogens is 350 g/mol. The highest BCUT2D eigenvalue weighted by Crippen LogP contribution is 2.17. The number of non-ortho nitro benzene ring substituents is 1. The predicted octanol–water partition coefficient (Wildman–Crippen LogP) is 2.93. The van der Waals surface area contributed by atoms with E-state index in [2.05, 4.69) is 10.1 Å². The lowest BCUT2D eigenvalue weighted by Gasteiger charge is -2.08. The molecule has 0 fully saturated rings. The Kier molecular flexibility index (Phi) is 6.84. The molecule has 0 aliphatic heterocycles. The van der Waals surface area contributed by atoms with Crippen molar-refractivity contribution in [1.82, 2.24) is 5.32 Å². The van der Waals surface area contributed by atoms with Gasteiger partial charge in [-0.05, 0) is 36.2 Å². The fourth-order valence-electron chi connectivity index (χ4n) is 2.05. The number of hydrogen-bond acceptors (Lipinski definition) is 5. The Bertz CT molecular complexity index is 736. The van der Waals surface area contributed by atoms with Gasteiger partial charge in [-0.3, -0.25) is 14.9 Å². The van der Waals surface area contributed by atoms with Crippen LogP contribution in [-0.4, -0.2) is 30.6 Å². The quantitative estimate of drug-likeness (QED) is 0.544. The van der Waals surface area contributed by atoms with E-state index in [1.54, 1.807) is 12.1 Å². The number of nitrogens with one attached hydrogen (secondary N) is 1. The molecule has 0 bridgehead atoms. The minimum absolute atomic E-state index is 0.0632. The van der Waals surface area contributed by atoms with Crippen molar-refractivity contribution < 1.29 is 28.0 Å². The molecule has 0 saturated heterocycles. The van der Waals surface area contributed by atoms with Crippen LogP contribution in [0.25, 0.3) is 0 Å². The summed E-state index contributed by atoms with van der Waals surface area (Å²) in [5, 5.41) is 13.2. The summed E-state index contributed by atoms with van der Waals surface area (Å²) in [6.07, 6.45) is 0.512. The van der Waals surface area contributed by atoms with E-state index in [-0.39, 0.29) is 24.0 Å². The largest absolute Gasteiger partial charge is 0.484 e. The van der Waals surface area contributed by atoms with Gasteiger partial charge < -0.3 is 14.8 Å². The van der Waals surface area contributed by atoms with E-state index in [1.165, 1.54) is 36.4 Å². The van der Waals surface area contributed by atoms with Gasteiger partial charge in [0.05, 0.1) is 4.92 Å². The molecule has 0 spiro atoms. The number of carbonyl (C=O) groups is 1. The summed E-state index contributed by atoms with van der Waals surface area (Å²) in [6, 6.07) is 11.5. The Morgan fingerprint density at radius 3 is 2.27 bits per heavy atom. The topological polar surface area (TPSA) is 90.7 Å². The van der Waals surface area contributed by atoms with Crippen molar-refractivity contribution in [3.8, 4) is 11.5 Å². The number of carbonyl (C=O) groups excluding carboxylic acids is 1. The Labute approximate surface area is 147 Å². The maximum Gasteiger partial charge on any atom is 0.387 e. The summed E-state index contributed by atoms with van der Waals surface area (Å²) >= 11 is 0. The van der Waals surface area contributed by atoms with Crippen LogP contribution in [0.3, 0.4) is 0 Å². The lowest BCUT2D eigenvalue weighted by atomic mass is 10.1. The Hall–Kier alpha value is -3.23. The van der Waals surface area contributed by atoms with Gasteiger partial charge >= 0.3 is 6.61 Å². The van der Waals surface area contributed by atoms with Crippen LogP contribution >= 0.6 is 0 Å². The van der Waals surface area contributed by atoms with E-state index in [0.29, 0.717) is 18.7 Å². The van der Waals surface area contributed by atoms with Crippen molar-refractivity contribution in [3.63, 3.8) is 0 Å². The zero-order valence-corrected chi connectivity index (χ0v) is 13.6. The number of ether oxygens (including phenoxy) is 2. The maximum atomic E-state index is 12.1. The molecule has 7 nitrogen and oxygen atoms in total. The third kappa shape index (κ3) is 6.34. The molecule has 0 radical (unpaired) electrons. The molecule has 2 aromatic carbocycles. The van der Waals surface area contributed by atoms with E-state index >= 15 is 0 Å². The Balaban J connectivity index is 1.69. The standard InChI is InChI=1S/C17H16F2N2O5/c18-17(19)26-15-5-1-12(2-6-15)9-10-20-16(22)11-25-14-7-3-13(4-8-14)21(23)24/h1-8,17H,9-11H2,(H,20,22). The highest BCUT2D eigenvalue weighted by Gasteiger charge is 2.07. The SMILES string of the molecule is O=C(COc1ccc([N+](=O)[O-])cc1)NCCc1ccc(OC(F)F)cc1. The van der Waals surface area contributed by atoms with Crippen LogP contribution in [-0.2, 0) is 11.2 Å². The van der Waals surface area contributed by atoms with E-state index in [0.717, 1.165) is 5.56 Å². The van der Waals surface area contributed by atoms with Crippen molar-refractivity contribution >= 4 is 11.6 Å². The smallest absolute Gasteiger partial charge is 0.387 e. The summed E-state index contributed by atoms with van der Waals surface area (Å²) in [4.78, 5) is 21.7. The number of alkyl halides is 2. The van der Waals surface area contributed by atoms with Crippen LogP contribution in [0.15, 0.2) is 48.5 Å². The zero-order chi connectivity index (χ0) is 18.9. The highest BCUT2D eigenvalue weighted by atomic mass is 19.3. The summed E-state index contributed by atoms with van der Waals surface area (Å²) < 4.78 is 33.6. The van der Waals surface area contributed by atoms with Crippen LogP contribution in [0, 0.1) is 10.1 Å². The van der Waals surface area contributed by atoms with Gasteiger partial charge in [-0.25, -0.2) is 0 Å². The summed E-state index contributed by atoms with van der Waals surface area (Å²) in [6.45, 7) is -2.74. The van der Waals surface area contributed by atoms with E-state index in [1.807, 2.05) is 0 Å². The third-order valence-electron chi connectivity index (χ3n) is 3.30. The predicted molar refractivity (Wildman–Crippen MR) is 88.4 cm³/mol.